The number of rotatable bonds is 6. The van der Waals surface area contributed by atoms with Gasteiger partial charge in [-0.05, 0) is 60.5 Å². The zero-order chi connectivity index (χ0) is 23.8. The van der Waals surface area contributed by atoms with Crippen molar-refractivity contribution < 1.29 is 19.4 Å². The van der Waals surface area contributed by atoms with Crippen LogP contribution in [0.5, 0.6) is 5.75 Å². The van der Waals surface area contributed by atoms with Crippen LogP contribution >= 0.6 is 0 Å². The fourth-order valence-corrected chi connectivity index (χ4v) is 4.88. The highest BCUT2D eigenvalue weighted by Crippen LogP contribution is 2.35. The SMILES string of the molecule is Cc1cc2c(CC(=O)O)cccc2n1C(=O)c1ccc(OCC2CN(C)c3ccccc32)cc1. The number of nitrogens with zero attached hydrogens (tertiary/aromatic N) is 2. The largest absolute Gasteiger partial charge is 0.493 e. The van der Waals surface area contributed by atoms with Crippen LogP contribution in [-0.4, -0.2) is 41.7 Å². The highest BCUT2D eigenvalue weighted by atomic mass is 16.5. The summed E-state index contributed by atoms with van der Waals surface area (Å²) in [6.45, 7) is 3.35. The van der Waals surface area contributed by atoms with Crippen molar-refractivity contribution in [3.63, 3.8) is 0 Å². The molecule has 1 N–H and O–H groups in total. The summed E-state index contributed by atoms with van der Waals surface area (Å²) < 4.78 is 7.71. The molecule has 6 heteroatoms. The molecule has 4 aromatic rings. The van der Waals surface area contributed by atoms with Gasteiger partial charge in [0.05, 0.1) is 18.5 Å². The van der Waals surface area contributed by atoms with Crippen molar-refractivity contribution in [1.29, 1.82) is 0 Å². The summed E-state index contributed by atoms with van der Waals surface area (Å²) in [4.78, 5) is 26.8. The summed E-state index contributed by atoms with van der Waals surface area (Å²) in [5.41, 5.74) is 5.27. The van der Waals surface area contributed by atoms with E-state index in [1.54, 1.807) is 28.8 Å². The fourth-order valence-electron chi connectivity index (χ4n) is 4.88. The topological polar surface area (TPSA) is 71.8 Å². The molecule has 2 heterocycles. The molecule has 5 rings (SSSR count). The van der Waals surface area contributed by atoms with Crippen molar-refractivity contribution in [3.05, 3.63) is 95.2 Å². The molecule has 0 aliphatic carbocycles. The van der Waals surface area contributed by atoms with E-state index in [9.17, 15) is 14.7 Å². The maximum absolute atomic E-state index is 13.3. The van der Waals surface area contributed by atoms with Gasteiger partial charge >= 0.3 is 5.97 Å². The lowest BCUT2D eigenvalue weighted by molar-refractivity contribution is -0.136. The van der Waals surface area contributed by atoms with E-state index in [2.05, 4.69) is 36.2 Å². The van der Waals surface area contributed by atoms with Crippen LogP contribution in [-0.2, 0) is 11.2 Å². The number of hydrogen-bond donors (Lipinski definition) is 1. The monoisotopic (exact) mass is 454 g/mol. The van der Waals surface area contributed by atoms with E-state index in [1.165, 1.54) is 11.3 Å². The Hall–Kier alpha value is -4.06. The molecule has 0 radical (unpaired) electrons. The second-order valence-electron chi connectivity index (χ2n) is 8.82. The van der Waals surface area contributed by atoms with Crippen LogP contribution in [0.4, 0.5) is 5.69 Å². The minimum Gasteiger partial charge on any atom is -0.493 e. The number of carboxylic acid groups (broad SMARTS) is 1. The summed E-state index contributed by atoms with van der Waals surface area (Å²) in [7, 11) is 2.09. The summed E-state index contributed by atoms with van der Waals surface area (Å²) >= 11 is 0. The van der Waals surface area contributed by atoms with Crippen molar-refractivity contribution >= 4 is 28.5 Å². The predicted octanol–water partition coefficient (Wildman–Crippen LogP) is 4.88. The Labute approximate surface area is 198 Å². The maximum Gasteiger partial charge on any atom is 0.307 e. The number of aryl methyl sites for hydroxylation is 1. The van der Waals surface area contributed by atoms with E-state index in [4.69, 9.17) is 4.74 Å². The normalized spacial score (nSPS) is 14.9. The van der Waals surface area contributed by atoms with Gasteiger partial charge in [0.15, 0.2) is 0 Å². The number of likely N-dealkylation sites (N-methyl/N-ethyl adjacent to an activating group) is 1. The molecule has 0 amide bonds. The number of aromatic nitrogens is 1. The first-order valence-electron chi connectivity index (χ1n) is 11.3. The molecule has 1 aliphatic heterocycles. The minimum absolute atomic E-state index is 0.0811. The number of ether oxygens (including phenoxy) is 1. The van der Waals surface area contributed by atoms with Gasteiger partial charge in [0.2, 0.25) is 0 Å². The number of aliphatic carboxylic acids is 1. The Morgan fingerprint density at radius 1 is 1.03 bits per heavy atom. The van der Waals surface area contributed by atoms with Gasteiger partial charge in [0.1, 0.15) is 5.75 Å². The first kappa shape index (κ1) is 21.8. The predicted molar refractivity (Wildman–Crippen MR) is 132 cm³/mol. The molecule has 0 spiro atoms. The van der Waals surface area contributed by atoms with Gasteiger partial charge in [-0.1, -0.05) is 30.3 Å². The molecule has 0 saturated carbocycles. The Bertz CT molecular complexity index is 1390. The van der Waals surface area contributed by atoms with Gasteiger partial charge in [-0.3, -0.25) is 14.2 Å². The van der Waals surface area contributed by atoms with Crippen LogP contribution < -0.4 is 9.64 Å². The minimum atomic E-state index is -0.896. The van der Waals surface area contributed by atoms with Crippen LogP contribution in [0.15, 0.2) is 72.8 Å². The molecule has 34 heavy (non-hydrogen) atoms. The lowest BCUT2D eigenvalue weighted by atomic mass is 10.0. The van der Waals surface area contributed by atoms with Crippen LogP contribution in [0.25, 0.3) is 10.9 Å². The third kappa shape index (κ3) is 3.92. The van der Waals surface area contributed by atoms with Gasteiger partial charge in [-0.25, -0.2) is 0 Å². The van der Waals surface area contributed by atoms with Gasteiger partial charge in [0, 0.05) is 41.8 Å². The number of carbonyl (C=O) groups excluding carboxylic acids is 1. The number of carboxylic acids is 1. The first-order valence-corrected chi connectivity index (χ1v) is 11.3. The van der Waals surface area contributed by atoms with E-state index in [0.717, 1.165) is 23.4 Å². The Balaban J connectivity index is 1.33. The van der Waals surface area contributed by atoms with Crippen molar-refractivity contribution in [3.8, 4) is 5.75 Å². The Morgan fingerprint density at radius 3 is 2.56 bits per heavy atom. The standard InChI is InChI=1S/C28H26N2O4/c1-18-14-24-20(15-27(31)32)6-5-9-26(24)30(18)28(33)19-10-12-22(13-11-19)34-17-21-16-29(2)25-8-4-3-7-23(21)25/h3-14,21H,15-17H2,1-2H3,(H,31,32). The third-order valence-corrected chi connectivity index (χ3v) is 6.50. The average molecular weight is 455 g/mol. The van der Waals surface area contributed by atoms with Gasteiger partial charge in [0.25, 0.3) is 5.91 Å². The molecule has 0 saturated heterocycles. The van der Waals surface area contributed by atoms with Gasteiger partial charge in [-0.2, -0.15) is 0 Å². The molecular formula is C28H26N2O4. The van der Waals surface area contributed by atoms with Gasteiger partial charge in [-0.15, -0.1) is 0 Å². The summed E-state index contributed by atoms with van der Waals surface area (Å²) in [6.07, 6.45) is -0.0811. The van der Waals surface area contributed by atoms with E-state index >= 15 is 0 Å². The average Bonchev–Trinajstić information content (AvgIpc) is 3.34. The summed E-state index contributed by atoms with van der Waals surface area (Å²) in [6, 6.07) is 22.9. The molecule has 0 fully saturated rings. The molecule has 172 valence electrons. The summed E-state index contributed by atoms with van der Waals surface area (Å²) in [5.74, 6) is -0.0248. The molecule has 1 aliphatic rings. The number of fused-ring (bicyclic) bond motifs is 2. The van der Waals surface area contributed by atoms with Crippen LogP contribution in [0.3, 0.4) is 0 Å². The second kappa shape index (κ2) is 8.71. The zero-order valence-corrected chi connectivity index (χ0v) is 19.2. The quantitative estimate of drug-likeness (QED) is 0.450. The van der Waals surface area contributed by atoms with Gasteiger partial charge < -0.3 is 14.7 Å². The Kier molecular flexibility index (Phi) is 5.57. The first-order chi connectivity index (χ1) is 16.4. The maximum atomic E-state index is 13.3. The number of anilines is 1. The van der Waals surface area contributed by atoms with Crippen LogP contribution in [0.2, 0.25) is 0 Å². The molecule has 1 aromatic heterocycles. The molecule has 3 aromatic carbocycles. The zero-order valence-electron chi connectivity index (χ0n) is 19.2. The van der Waals surface area contributed by atoms with Crippen molar-refractivity contribution in [2.75, 3.05) is 25.1 Å². The van der Waals surface area contributed by atoms with Crippen LogP contribution in [0.1, 0.15) is 33.1 Å². The van der Waals surface area contributed by atoms with E-state index in [-0.39, 0.29) is 12.3 Å². The van der Waals surface area contributed by atoms with Crippen molar-refractivity contribution in [2.24, 2.45) is 0 Å². The highest BCUT2D eigenvalue weighted by Gasteiger charge is 2.26. The molecule has 1 unspecified atom stereocenters. The van der Waals surface area contributed by atoms with Crippen molar-refractivity contribution in [1.82, 2.24) is 4.57 Å². The van der Waals surface area contributed by atoms with E-state index in [0.29, 0.717) is 29.2 Å². The Morgan fingerprint density at radius 2 is 1.79 bits per heavy atom. The molecule has 6 nitrogen and oxygen atoms in total. The number of para-hydroxylation sites is 1. The summed E-state index contributed by atoms with van der Waals surface area (Å²) in [5, 5.41) is 9.99. The molecule has 1 atom stereocenters. The highest BCUT2D eigenvalue weighted by molar-refractivity contribution is 6.04. The molecule has 0 bridgehead atoms. The lowest BCUT2D eigenvalue weighted by Crippen LogP contribution is -2.19. The number of carbonyl (C=O) groups is 2. The van der Waals surface area contributed by atoms with Crippen molar-refractivity contribution in [2.45, 2.75) is 19.3 Å². The van der Waals surface area contributed by atoms with Crippen LogP contribution in [0, 0.1) is 6.92 Å². The van der Waals surface area contributed by atoms with E-state index < -0.39 is 5.97 Å². The second-order valence-corrected chi connectivity index (χ2v) is 8.82. The number of benzene rings is 3. The molecular weight excluding hydrogens is 428 g/mol. The van der Waals surface area contributed by atoms with E-state index in [1.807, 2.05) is 31.2 Å². The number of hydrogen-bond acceptors (Lipinski definition) is 4. The fraction of sp³-hybridized carbons (Fsp3) is 0.214. The third-order valence-electron chi connectivity index (χ3n) is 6.50. The smallest absolute Gasteiger partial charge is 0.307 e. The lowest BCUT2D eigenvalue weighted by Gasteiger charge is -2.14.